The molecule has 3 rings (SSSR count). The highest BCUT2D eigenvalue weighted by Crippen LogP contribution is 2.22. The van der Waals surface area contributed by atoms with Gasteiger partial charge < -0.3 is 14.8 Å². The predicted octanol–water partition coefficient (Wildman–Crippen LogP) is 5.00. The summed E-state index contributed by atoms with van der Waals surface area (Å²) in [4.78, 5) is 15.8. The molecule has 5 nitrogen and oxygen atoms in total. The topological polar surface area (TPSA) is 50.8 Å². The fraction of sp³-hybridized carbons (Fsp3) is 0.227. The minimum absolute atomic E-state index is 0.0403. The van der Waals surface area contributed by atoms with E-state index in [4.69, 9.17) is 4.74 Å². The van der Waals surface area contributed by atoms with Gasteiger partial charge in [0.2, 0.25) is 5.91 Å². The molecule has 0 aliphatic heterocycles. The van der Waals surface area contributed by atoms with Crippen LogP contribution in [0.15, 0.2) is 66.0 Å². The summed E-state index contributed by atoms with van der Waals surface area (Å²) >= 11 is 1.63. The number of carbonyl (C=O) groups is 1. The van der Waals surface area contributed by atoms with E-state index in [1.165, 1.54) is 24.3 Å². The monoisotopic (exact) mass is 432 g/mol. The fourth-order valence-corrected chi connectivity index (χ4v) is 3.73. The van der Waals surface area contributed by atoms with Crippen molar-refractivity contribution >= 4 is 22.9 Å². The first-order chi connectivity index (χ1) is 14.5. The largest absolute Gasteiger partial charge is 0.496 e. The molecule has 0 atom stereocenters. The number of thiophene rings is 1. The number of amides is 1. The molecule has 1 aromatic heterocycles. The number of ether oxygens (including phenoxy) is 2. The molecule has 2 aromatic carbocycles. The van der Waals surface area contributed by atoms with Crippen LogP contribution in [0.2, 0.25) is 0 Å². The van der Waals surface area contributed by atoms with Gasteiger partial charge in [-0.1, -0.05) is 24.3 Å². The summed E-state index contributed by atoms with van der Waals surface area (Å²) in [6.07, 6.45) is 0. The Morgan fingerprint density at radius 3 is 2.50 bits per heavy atom. The predicted molar refractivity (Wildman–Crippen MR) is 113 cm³/mol. The van der Waals surface area contributed by atoms with Crippen LogP contribution < -0.4 is 14.8 Å². The first-order valence-electron chi connectivity index (χ1n) is 9.25. The maximum atomic E-state index is 12.6. The van der Waals surface area contributed by atoms with Crippen molar-refractivity contribution in [3.05, 3.63) is 76.5 Å². The molecular formula is C22H22F2N2O3S. The molecule has 8 heteroatoms. The lowest BCUT2D eigenvalue weighted by Gasteiger charge is -2.22. The van der Waals surface area contributed by atoms with E-state index in [9.17, 15) is 13.6 Å². The van der Waals surface area contributed by atoms with E-state index in [0.717, 1.165) is 16.2 Å². The first-order valence-corrected chi connectivity index (χ1v) is 10.1. The number of nitrogens with one attached hydrogen (secondary N) is 1. The highest BCUT2D eigenvalue weighted by Gasteiger charge is 2.15. The minimum Gasteiger partial charge on any atom is -0.496 e. The SMILES string of the molecule is COc1ccccc1CN(CC(=O)Nc1ccc(OC(F)F)cc1)Cc1cccs1. The second-order valence-corrected chi connectivity index (χ2v) is 7.52. The van der Waals surface area contributed by atoms with Gasteiger partial charge in [-0.05, 0) is 41.8 Å². The summed E-state index contributed by atoms with van der Waals surface area (Å²) in [5.74, 6) is 0.603. The molecule has 158 valence electrons. The van der Waals surface area contributed by atoms with Crippen LogP contribution in [0.4, 0.5) is 14.5 Å². The number of benzene rings is 2. The Bertz CT molecular complexity index is 934. The maximum absolute atomic E-state index is 12.6. The summed E-state index contributed by atoms with van der Waals surface area (Å²) in [6, 6.07) is 17.5. The van der Waals surface area contributed by atoms with E-state index < -0.39 is 6.61 Å². The Labute approximate surface area is 177 Å². The first kappa shape index (κ1) is 21.7. The van der Waals surface area contributed by atoms with E-state index in [1.54, 1.807) is 18.4 Å². The Morgan fingerprint density at radius 1 is 1.07 bits per heavy atom. The summed E-state index contributed by atoms with van der Waals surface area (Å²) in [5.41, 5.74) is 1.49. The molecule has 1 N–H and O–H groups in total. The average molecular weight is 432 g/mol. The summed E-state index contributed by atoms with van der Waals surface area (Å²) in [6.45, 7) is -1.57. The highest BCUT2D eigenvalue weighted by atomic mass is 32.1. The van der Waals surface area contributed by atoms with Crippen molar-refractivity contribution in [2.24, 2.45) is 0 Å². The number of para-hydroxylation sites is 1. The van der Waals surface area contributed by atoms with Gasteiger partial charge in [0.05, 0.1) is 13.7 Å². The van der Waals surface area contributed by atoms with Crippen LogP contribution in [-0.2, 0) is 17.9 Å². The zero-order chi connectivity index (χ0) is 21.3. The molecule has 1 amide bonds. The number of rotatable bonds is 10. The second kappa shape index (κ2) is 10.7. The van der Waals surface area contributed by atoms with Crippen LogP contribution >= 0.6 is 11.3 Å². The van der Waals surface area contributed by atoms with Crippen LogP contribution in [-0.4, -0.2) is 31.1 Å². The molecule has 1 heterocycles. The lowest BCUT2D eigenvalue weighted by Crippen LogP contribution is -2.32. The smallest absolute Gasteiger partial charge is 0.387 e. The van der Waals surface area contributed by atoms with Gasteiger partial charge in [-0.2, -0.15) is 8.78 Å². The number of anilines is 1. The Balaban J connectivity index is 1.66. The van der Waals surface area contributed by atoms with Crippen molar-refractivity contribution in [2.75, 3.05) is 19.0 Å². The van der Waals surface area contributed by atoms with E-state index in [2.05, 4.69) is 10.1 Å². The molecule has 3 aromatic rings. The third-order valence-electron chi connectivity index (χ3n) is 4.28. The molecule has 0 aliphatic rings. The fourth-order valence-electron chi connectivity index (χ4n) is 2.99. The van der Waals surface area contributed by atoms with E-state index in [1.807, 2.05) is 46.7 Å². The lowest BCUT2D eigenvalue weighted by molar-refractivity contribution is -0.117. The van der Waals surface area contributed by atoms with Gasteiger partial charge in [0.15, 0.2) is 0 Å². The van der Waals surface area contributed by atoms with E-state index in [0.29, 0.717) is 18.8 Å². The van der Waals surface area contributed by atoms with Crippen molar-refractivity contribution in [3.8, 4) is 11.5 Å². The van der Waals surface area contributed by atoms with Crippen LogP contribution in [0.3, 0.4) is 0 Å². The maximum Gasteiger partial charge on any atom is 0.387 e. The molecule has 0 saturated carbocycles. The molecule has 30 heavy (non-hydrogen) atoms. The summed E-state index contributed by atoms with van der Waals surface area (Å²) in [5, 5.41) is 4.80. The Hall–Kier alpha value is -2.97. The van der Waals surface area contributed by atoms with Gasteiger partial charge in [0, 0.05) is 29.2 Å². The van der Waals surface area contributed by atoms with Crippen LogP contribution in [0, 0.1) is 0 Å². The summed E-state index contributed by atoms with van der Waals surface area (Å²) in [7, 11) is 1.62. The van der Waals surface area contributed by atoms with Crippen LogP contribution in [0.1, 0.15) is 10.4 Å². The molecule has 0 spiro atoms. The zero-order valence-corrected chi connectivity index (χ0v) is 17.2. The molecule has 0 fully saturated rings. The summed E-state index contributed by atoms with van der Waals surface area (Å²) < 4.78 is 34.3. The van der Waals surface area contributed by atoms with Gasteiger partial charge in [-0.3, -0.25) is 9.69 Å². The average Bonchev–Trinajstić information content (AvgIpc) is 3.22. The molecule has 0 radical (unpaired) electrons. The molecule has 0 saturated heterocycles. The molecular weight excluding hydrogens is 410 g/mol. The third-order valence-corrected chi connectivity index (χ3v) is 5.14. The number of carbonyl (C=O) groups excluding carboxylic acids is 1. The number of hydrogen-bond donors (Lipinski definition) is 1. The Morgan fingerprint density at radius 2 is 1.83 bits per heavy atom. The van der Waals surface area contributed by atoms with E-state index in [-0.39, 0.29) is 18.2 Å². The normalized spacial score (nSPS) is 11.0. The van der Waals surface area contributed by atoms with Gasteiger partial charge in [0.1, 0.15) is 11.5 Å². The Kier molecular flexibility index (Phi) is 7.75. The highest BCUT2D eigenvalue weighted by molar-refractivity contribution is 7.09. The van der Waals surface area contributed by atoms with Gasteiger partial charge >= 0.3 is 6.61 Å². The van der Waals surface area contributed by atoms with Crippen molar-refractivity contribution in [1.82, 2.24) is 4.90 Å². The number of halogens is 2. The number of alkyl halides is 2. The lowest BCUT2D eigenvalue weighted by atomic mass is 10.2. The number of hydrogen-bond acceptors (Lipinski definition) is 5. The van der Waals surface area contributed by atoms with Crippen LogP contribution in [0.25, 0.3) is 0 Å². The quantitative estimate of drug-likeness (QED) is 0.490. The van der Waals surface area contributed by atoms with Gasteiger partial charge in [-0.15, -0.1) is 11.3 Å². The zero-order valence-electron chi connectivity index (χ0n) is 16.4. The van der Waals surface area contributed by atoms with Gasteiger partial charge in [0.25, 0.3) is 0 Å². The molecule has 0 aliphatic carbocycles. The molecule has 0 bridgehead atoms. The van der Waals surface area contributed by atoms with E-state index >= 15 is 0 Å². The number of methoxy groups -OCH3 is 1. The second-order valence-electron chi connectivity index (χ2n) is 6.49. The van der Waals surface area contributed by atoms with Crippen molar-refractivity contribution in [1.29, 1.82) is 0 Å². The minimum atomic E-state index is -2.88. The van der Waals surface area contributed by atoms with Gasteiger partial charge in [-0.25, -0.2) is 0 Å². The number of nitrogens with zero attached hydrogens (tertiary/aromatic N) is 1. The van der Waals surface area contributed by atoms with Crippen molar-refractivity contribution in [3.63, 3.8) is 0 Å². The van der Waals surface area contributed by atoms with Crippen molar-refractivity contribution in [2.45, 2.75) is 19.7 Å². The van der Waals surface area contributed by atoms with Crippen molar-refractivity contribution < 1.29 is 23.0 Å². The van der Waals surface area contributed by atoms with Crippen LogP contribution in [0.5, 0.6) is 11.5 Å². The standard InChI is InChI=1S/C22H22F2N2O3S/c1-28-20-7-3-2-5-16(20)13-26(14-19-6-4-12-30-19)15-21(27)25-17-8-10-18(11-9-17)29-22(23)24/h2-12,22H,13-15H2,1H3,(H,25,27). The molecule has 0 unspecified atom stereocenters. The third kappa shape index (κ3) is 6.53.